The molecule has 1 aromatic rings. The zero-order valence-corrected chi connectivity index (χ0v) is 11.5. The maximum atomic E-state index is 4.61. The quantitative estimate of drug-likeness (QED) is 0.757. The van der Waals surface area contributed by atoms with Gasteiger partial charge in [-0.1, -0.05) is 0 Å². The predicted molar refractivity (Wildman–Crippen MR) is 75.1 cm³/mol. The normalized spacial score (nSPS) is 25.0. The lowest BCUT2D eigenvalue weighted by atomic mass is 10.2. The van der Waals surface area contributed by atoms with Crippen LogP contribution >= 0.6 is 0 Å². The molecular formula is C15H23N3. The summed E-state index contributed by atoms with van der Waals surface area (Å²) in [4.78, 5) is 9.84. The Bertz CT molecular complexity index is 430. The Morgan fingerprint density at radius 1 is 1.11 bits per heavy atom. The van der Waals surface area contributed by atoms with E-state index < -0.39 is 0 Å². The molecule has 3 heteroatoms. The lowest BCUT2D eigenvalue weighted by Crippen LogP contribution is -2.36. The van der Waals surface area contributed by atoms with E-state index in [4.69, 9.17) is 0 Å². The molecule has 2 saturated heterocycles. The lowest BCUT2D eigenvalue weighted by Gasteiger charge is -2.28. The van der Waals surface area contributed by atoms with Crippen LogP contribution in [0.25, 0.3) is 0 Å². The van der Waals surface area contributed by atoms with Crippen molar-refractivity contribution in [2.75, 3.05) is 31.1 Å². The number of rotatable bonds is 1. The molecule has 18 heavy (non-hydrogen) atoms. The van der Waals surface area contributed by atoms with Gasteiger partial charge in [-0.2, -0.15) is 0 Å². The highest BCUT2D eigenvalue weighted by Crippen LogP contribution is 2.26. The molecule has 3 heterocycles. The molecule has 1 atom stereocenters. The van der Waals surface area contributed by atoms with Gasteiger partial charge in [0.15, 0.2) is 0 Å². The third kappa shape index (κ3) is 2.24. The van der Waals surface area contributed by atoms with E-state index in [1.54, 1.807) is 0 Å². The maximum absolute atomic E-state index is 4.61. The molecule has 0 amide bonds. The van der Waals surface area contributed by atoms with Crippen LogP contribution in [0.15, 0.2) is 12.1 Å². The van der Waals surface area contributed by atoms with Crippen LogP contribution < -0.4 is 4.90 Å². The van der Waals surface area contributed by atoms with Gasteiger partial charge in [-0.25, -0.2) is 0 Å². The summed E-state index contributed by atoms with van der Waals surface area (Å²) >= 11 is 0. The van der Waals surface area contributed by atoms with Crippen LogP contribution in [0.2, 0.25) is 0 Å². The van der Waals surface area contributed by atoms with Crippen LogP contribution in [-0.2, 0) is 0 Å². The summed E-state index contributed by atoms with van der Waals surface area (Å²) in [6.07, 6.45) is 4.03. The maximum Gasteiger partial charge on any atom is 0.0608 e. The minimum absolute atomic E-state index is 0.771. The standard InChI is InChI=1S/C15H23N3/c1-12-6-7-15(13(2)16-12)18-10-4-9-17-8-3-5-14(17)11-18/h6-7,14H,3-5,8-11H2,1-2H3. The fourth-order valence-corrected chi connectivity index (χ4v) is 3.44. The number of aryl methyl sites for hydroxylation is 2. The van der Waals surface area contributed by atoms with E-state index in [2.05, 4.69) is 40.8 Å². The highest BCUT2D eigenvalue weighted by atomic mass is 15.3. The van der Waals surface area contributed by atoms with Crippen LogP contribution in [0.5, 0.6) is 0 Å². The Balaban J connectivity index is 1.82. The number of fused-ring (bicyclic) bond motifs is 1. The van der Waals surface area contributed by atoms with Crippen molar-refractivity contribution >= 4 is 5.69 Å². The van der Waals surface area contributed by atoms with E-state index in [0.717, 1.165) is 11.7 Å². The monoisotopic (exact) mass is 245 g/mol. The Kier molecular flexibility index (Phi) is 3.25. The smallest absolute Gasteiger partial charge is 0.0608 e. The minimum atomic E-state index is 0.771. The molecule has 0 bridgehead atoms. The Morgan fingerprint density at radius 3 is 2.78 bits per heavy atom. The van der Waals surface area contributed by atoms with Crippen LogP contribution in [0.4, 0.5) is 5.69 Å². The first-order valence-electron chi connectivity index (χ1n) is 7.17. The van der Waals surface area contributed by atoms with E-state index >= 15 is 0 Å². The van der Waals surface area contributed by atoms with Crippen molar-refractivity contribution in [3.8, 4) is 0 Å². The van der Waals surface area contributed by atoms with E-state index in [9.17, 15) is 0 Å². The molecule has 3 rings (SSSR count). The number of anilines is 1. The van der Waals surface area contributed by atoms with Gasteiger partial charge in [0.2, 0.25) is 0 Å². The summed E-state index contributed by atoms with van der Waals surface area (Å²) < 4.78 is 0. The Hall–Kier alpha value is -1.09. The first-order chi connectivity index (χ1) is 8.74. The number of hydrogen-bond acceptors (Lipinski definition) is 3. The fourth-order valence-electron chi connectivity index (χ4n) is 3.44. The summed E-state index contributed by atoms with van der Waals surface area (Å²) in [5, 5.41) is 0. The van der Waals surface area contributed by atoms with Gasteiger partial charge >= 0.3 is 0 Å². The highest BCUT2D eigenvalue weighted by Gasteiger charge is 2.29. The third-order valence-corrected chi connectivity index (χ3v) is 4.34. The van der Waals surface area contributed by atoms with Crippen LogP contribution in [-0.4, -0.2) is 42.1 Å². The van der Waals surface area contributed by atoms with E-state index in [0.29, 0.717) is 0 Å². The first-order valence-corrected chi connectivity index (χ1v) is 7.17. The predicted octanol–water partition coefficient (Wildman–Crippen LogP) is 2.37. The van der Waals surface area contributed by atoms with Crippen molar-refractivity contribution in [2.45, 2.75) is 39.2 Å². The van der Waals surface area contributed by atoms with Gasteiger partial charge in [0.25, 0.3) is 0 Å². The van der Waals surface area contributed by atoms with Crippen molar-refractivity contribution in [3.05, 3.63) is 23.5 Å². The molecule has 0 aliphatic carbocycles. The van der Waals surface area contributed by atoms with Crippen molar-refractivity contribution in [1.29, 1.82) is 0 Å². The molecule has 3 nitrogen and oxygen atoms in total. The van der Waals surface area contributed by atoms with Crippen molar-refractivity contribution in [3.63, 3.8) is 0 Å². The van der Waals surface area contributed by atoms with Gasteiger partial charge in [0, 0.05) is 31.4 Å². The molecule has 2 fully saturated rings. The van der Waals surface area contributed by atoms with E-state index in [1.807, 2.05) is 0 Å². The molecule has 0 aromatic carbocycles. The largest absolute Gasteiger partial charge is 0.368 e. The van der Waals surface area contributed by atoms with Gasteiger partial charge in [0.1, 0.15) is 0 Å². The van der Waals surface area contributed by atoms with E-state index in [1.165, 1.54) is 56.8 Å². The number of nitrogens with zero attached hydrogens (tertiary/aromatic N) is 3. The number of pyridine rings is 1. The summed E-state index contributed by atoms with van der Waals surface area (Å²) in [5.41, 5.74) is 3.64. The lowest BCUT2D eigenvalue weighted by molar-refractivity contribution is 0.273. The van der Waals surface area contributed by atoms with Crippen LogP contribution in [0.1, 0.15) is 30.7 Å². The third-order valence-electron chi connectivity index (χ3n) is 4.34. The SMILES string of the molecule is Cc1ccc(N2CCCN3CCCC3C2)c(C)n1. The van der Waals surface area contributed by atoms with Crippen molar-refractivity contribution < 1.29 is 0 Å². The molecule has 0 saturated carbocycles. The van der Waals surface area contributed by atoms with E-state index in [-0.39, 0.29) is 0 Å². The van der Waals surface area contributed by atoms with Gasteiger partial charge in [-0.15, -0.1) is 0 Å². The molecule has 0 spiro atoms. The second-order valence-corrected chi connectivity index (χ2v) is 5.69. The molecule has 0 radical (unpaired) electrons. The average Bonchev–Trinajstić information content (AvgIpc) is 2.67. The topological polar surface area (TPSA) is 19.4 Å². The average molecular weight is 245 g/mol. The molecular weight excluding hydrogens is 222 g/mol. The summed E-state index contributed by atoms with van der Waals surface area (Å²) in [7, 11) is 0. The molecule has 2 aliphatic rings. The molecule has 1 aromatic heterocycles. The Labute approximate surface area is 110 Å². The van der Waals surface area contributed by atoms with Crippen molar-refractivity contribution in [2.24, 2.45) is 0 Å². The second kappa shape index (κ2) is 4.88. The van der Waals surface area contributed by atoms with Crippen LogP contribution in [0.3, 0.4) is 0 Å². The van der Waals surface area contributed by atoms with Gasteiger partial charge in [-0.05, 0) is 51.8 Å². The number of aromatic nitrogens is 1. The van der Waals surface area contributed by atoms with Gasteiger partial charge < -0.3 is 4.90 Å². The van der Waals surface area contributed by atoms with Crippen molar-refractivity contribution in [1.82, 2.24) is 9.88 Å². The number of hydrogen-bond donors (Lipinski definition) is 0. The zero-order valence-electron chi connectivity index (χ0n) is 11.5. The first kappa shape index (κ1) is 12.0. The molecule has 1 unspecified atom stereocenters. The highest BCUT2D eigenvalue weighted by molar-refractivity contribution is 5.51. The molecule has 2 aliphatic heterocycles. The Morgan fingerprint density at radius 2 is 1.94 bits per heavy atom. The van der Waals surface area contributed by atoms with Crippen LogP contribution in [0, 0.1) is 13.8 Å². The second-order valence-electron chi connectivity index (χ2n) is 5.69. The molecule has 98 valence electrons. The molecule has 0 N–H and O–H groups in total. The zero-order chi connectivity index (χ0) is 12.5. The summed E-state index contributed by atoms with van der Waals surface area (Å²) in [6.45, 7) is 9.16. The minimum Gasteiger partial charge on any atom is -0.368 e. The summed E-state index contributed by atoms with van der Waals surface area (Å²) in [6, 6.07) is 5.16. The van der Waals surface area contributed by atoms with Gasteiger partial charge in [-0.3, -0.25) is 9.88 Å². The summed E-state index contributed by atoms with van der Waals surface area (Å²) in [5.74, 6) is 0. The fraction of sp³-hybridized carbons (Fsp3) is 0.667. The van der Waals surface area contributed by atoms with Gasteiger partial charge in [0.05, 0.1) is 11.4 Å².